The largest absolute Gasteiger partial charge is 0.444 e. The SMILES string of the molecule is Cc1sc(NC(=O)c2ccc(NC(=O)OC(C)(C)C)cc2)c(C#N)c1C. The van der Waals surface area contributed by atoms with Crippen LogP contribution in [0.2, 0.25) is 0 Å². The molecule has 0 aliphatic carbocycles. The van der Waals surface area contributed by atoms with Crippen molar-refractivity contribution >= 4 is 34.0 Å². The third kappa shape index (κ3) is 4.83. The van der Waals surface area contributed by atoms with E-state index in [4.69, 9.17) is 4.74 Å². The summed E-state index contributed by atoms with van der Waals surface area (Å²) in [6.45, 7) is 9.11. The van der Waals surface area contributed by atoms with Gasteiger partial charge in [-0.05, 0) is 64.4 Å². The van der Waals surface area contributed by atoms with Crippen LogP contribution in [0.25, 0.3) is 0 Å². The first kappa shape index (κ1) is 19.5. The fourth-order valence-electron chi connectivity index (χ4n) is 2.15. The summed E-state index contributed by atoms with van der Waals surface area (Å²) in [6.07, 6.45) is -0.558. The number of anilines is 2. The van der Waals surface area contributed by atoms with Gasteiger partial charge in [-0.15, -0.1) is 11.3 Å². The maximum absolute atomic E-state index is 12.4. The van der Waals surface area contributed by atoms with Crippen LogP contribution < -0.4 is 10.6 Å². The Kier molecular flexibility index (Phi) is 5.68. The standard InChI is InChI=1S/C19H21N3O3S/c1-11-12(2)26-17(15(11)10-20)22-16(23)13-6-8-14(9-7-13)21-18(24)25-19(3,4)5/h6-9H,1-5H3,(H,21,24)(H,22,23). The molecule has 1 aromatic heterocycles. The first-order valence-electron chi connectivity index (χ1n) is 8.02. The predicted molar refractivity (Wildman–Crippen MR) is 103 cm³/mol. The molecule has 2 amide bonds. The number of nitrogens with one attached hydrogen (secondary N) is 2. The first-order chi connectivity index (χ1) is 12.1. The molecule has 2 N–H and O–H groups in total. The number of carbonyl (C=O) groups is 2. The van der Waals surface area contributed by atoms with E-state index in [1.54, 1.807) is 45.0 Å². The van der Waals surface area contributed by atoms with Gasteiger partial charge >= 0.3 is 6.09 Å². The van der Waals surface area contributed by atoms with E-state index in [2.05, 4.69) is 16.7 Å². The molecule has 136 valence electrons. The Morgan fingerprint density at radius 2 is 1.73 bits per heavy atom. The van der Waals surface area contributed by atoms with Gasteiger partial charge in [-0.25, -0.2) is 4.79 Å². The summed E-state index contributed by atoms with van der Waals surface area (Å²) in [5, 5.41) is 15.2. The zero-order valence-corrected chi connectivity index (χ0v) is 16.2. The Morgan fingerprint density at radius 3 is 2.27 bits per heavy atom. The van der Waals surface area contributed by atoms with E-state index >= 15 is 0 Å². The molecule has 1 aromatic carbocycles. The van der Waals surface area contributed by atoms with Gasteiger partial charge in [0.2, 0.25) is 0 Å². The topological polar surface area (TPSA) is 91.2 Å². The van der Waals surface area contributed by atoms with Gasteiger partial charge in [0.05, 0.1) is 5.56 Å². The molecule has 0 saturated heterocycles. The van der Waals surface area contributed by atoms with Gasteiger partial charge in [-0.1, -0.05) is 0 Å². The van der Waals surface area contributed by atoms with Crippen molar-refractivity contribution < 1.29 is 14.3 Å². The summed E-state index contributed by atoms with van der Waals surface area (Å²) < 4.78 is 5.18. The average molecular weight is 371 g/mol. The van der Waals surface area contributed by atoms with Gasteiger partial charge in [0.25, 0.3) is 5.91 Å². The smallest absolute Gasteiger partial charge is 0.412 e. The maximum atomic E-state index is 12.4. The van der Waals surface area contributed by atoms with Crippen LogP contribution in [0.5, 0.6) is 0 Å². The number of carbonyl (C=O) groups excluding carboxylic acids is 2. The number of benzene rings is 1. The lowest BCUT2D eigenvalue weighted by molar-refractivity contribution is 0.0636. The fraction of sp³-hybridized carbons (Fsp3) is 0.316. The highest BCUT2D eigenvalue weighted by Crippen LogP contribution is 2.32. The summed E-state index contributed by atoms with van der Waals surface area (Å²) in [7, 11) is 0. The molecule has 0 saturated carbocycles. The molecule has 7 heteroatoms. The number of thiophene rings is 1. The van der Waals surface area contributed by atoms with E-state index in [-0.39, 0.29) is 5.91 Å². The van der Waals surface area contributed by atoms with E-state index in [0.29, 0.717) is 21.8 Å². The van der Waals surface area contributed by atoms with Crippen LogP contribution in [-0.2, 0) is 4.74 Å². The third-order valence-electron chi connectivity index (χ3n) is 3.52. The molecule has 1 heterocycles. The molecule has 0 aliphatic heterocycles. The second-order valence-corrected chi connectivity index (χ2v) is 7.98. The Labute approximate surface area is 156 Å². The Bertz CT molecular complexity index is 871. The highest BCUT2D eigenvalue weighted by Gasteiger charge is 2.17. The molecule has 0 fully saturated rings. The number of rotatable bonds is 3. The van der Waals surface area contributed by atoms with Crippen LogP contribution in [0, 0.1) is 25.2 Å². The molecule has 0 spiro atoms. The van der Waals surface area contributed by atoms with E-state index in [9.17, 15) is 14.9 Å². The first-order valence-corrected chi connectivity index (χ1v) is 8.84. The minimum absolute atomic E-state index is 0.313. The number of hydrogen-bond acceptors (Lipinski definition) is 5. The van der Waals surface area contributed by atoms with Crippen LogP contribution in [0.4, 0.5) is 15.5 Å². The monoisotopic (exact) mass is 371 g/mol. The molecule has 0 atom stereocenters. The second-order valence-electron chi connectivity index (χ2n) is 6.76. The van der Waals surface area contributed by atoms with Crippen LogP contribution in [0.3, 0.4) is 0 Å². The van der Waals surface area contributed by atoms with Crippen molar-refractivity contribution in [2.45, 2.75) is 40.2 Å². The normalized spacial score (nSPS) is 10.8. The van der Waals surface area contributed by atoms with E-state index < -0.39 is 11.7 Å². The van der Waals surface area contributed by atoms with Gasteiger partial charge in [0, 0.05) is 16.1 Å². The van der Waals surface area contributed by atoms with Gasteiger partial charge in [0.1, 0.15) is 16.7 Å². The van der Waals surface area contributed by atoms with E-state index in [1.807, 2.05) is 13.8 Å². The van der Waals surface area contributed by atoms with Gasteiger partial charge in [-0.3, -0.25) is 10.1 Å². The van der Waals surface area contributed by atoms with Crippen molar-refractivity contribution in [3.05, 3.63) is 45.8 Å². The Morgan fingerprint density at radius 1 is 1.12 bits per heavy atom. The fourth-order valence-corrected chi connectivity index (χ4v) is 3.16. The van der Waals surface area contributed by atoms with Crippen molar-refractivity contribution in [3.8, 4) is 6.07 Å². The molecule has 0 aliphatic rings. The van der Waals surface area contributed by atoms with Crippen molar-refractivity contribution in [2.75, 3.05) is 10.6 Å². The summed E-state index contributed by atoms with van der Waals surface area (Å²) in [6, 6.07) is 8.56. The lowest BCUT2D eigenvalue weighted by Gasteiger charge is -2.19. The van der Waals surface area contributed by atoms with Gasteiger partial charge in [-0.2, -0.15) is 5.26 Å². The summed E-state index contributed by atoms with van der Waals surface area (Å²) in [4.78, 5) is 25.1. The van der Waals surface area contributed by atoms with Crippen molar-refractivity contribution in [1.82, 2.24) is 0 Å². The quantitative estimate of drug-likeness (QED) is 0.808. The molecule has 0 radical (unpaired) electrons. The van der Waals surface area contributed by atoms with Crippen molar-refractivity contribution in [2.24, 2.45) is 0 Å². The van der Waals surface area contributed by atoms with E-state index in [0.717, 1.165) is 10.4 Å². The van der Waals surface area contributed by atoms with Crippen LogP contribution >= 0.6 is 11.3 Å². The molecule has 2 aromatic rings. The molecule has 6 nitrogen and oxygen atoms in total. The van der Waals surface area contributed by atoms with Gasteiger partial charge < -0.3 is 10.1 Å². The van der Waals surface area contributed by atoms with Crippen LogP contribution in [-0.4, -0.2) is 17.6 Å². The minimum Gasteiger partial charge on any atom is -0.444 e. The number of nitrogens with zero attached hydrogens (tertiary/aromatic N) is 1. The molecular formula is C19H21N3O3S. The predicted octanol–water partition coefficient (Wildman–Crippen LogP) is 4.84. The highest BCUT2D eigenvalue weighted by molar-refractivity contribution is 7.16. The number of nitriles is 1. The molecule has 0 unspecified atom stereocenters. The second kappa shape index (κ2) is 7.58. The summed E-state index contributed by atoms with van der Waals surface area (Å²) >= 11 is 1.38. The molecular weight excluding hydrogens is 350 g/mol. The molecule has 0 bridgehead atoms. The third-order valence-corrected chi connectivity index (χ3v) is 4.64. The molecule has 26 heavy (non-hydrogen) atoms. The number of amides is 2. The highest BCUT2D eigenvalue weighted by atomic mass is 32.1. The molecule has 2 rings (SSSR count). The number of hydrogen-bond donors (Lipinski definition) is 2. The maximum Gasteiger partial charge on any atom is 0.412 e. The van der Waals surface area contributed by atoms with Gasteiger partial charge in [0.15, 0.2) is 0 Å². The van der Waals surface area contributed by atoms with Crippen molar-refractivity contribution in [3.63, 3.8) is 0 Å². The zero-order chi connectivity index (χ0) is 19.5. The minimum atomic E-state index is -0.584. The summed E-state index contributed by atoms with van der Waals surface area (Å²) in [5.41, 5.74) is 1.73. The van der Waals surface area contributed by atoms with E-state index in [1.165, 1.54) is 11.3 Å². The average Bonchev–Trinajstić information content (AvgIpc) is 2.79. The lowest BCUT2D eigenvalue weighted by Crippen LogP contribution is -2.27. The number of aryl methyl sites for hydroxylation is 1. The van der Waals surface area contributed by atoms with Crippen molar-refractivity contribution in [1.29, 1.82) is 5.26 Å². The number of ether oxygens (including phenoxy) is 1. The lowest BCUT2D eigenvalue weighted by atomic mass is 10.1. The zero-order valence-electron chi connectivity index (χ0n) is 15.4. The van der Waals surface area contributed by atoms with Crippen LogP contribution in [0.1, 0.15) is 47.1 Å². The Balaban J connectivity index is 2.07. The Hall–Kier alpha value is -2.85. The van der Waals surface area contributed by atoms with Crippen LogP contribution in [0.15, 0.2) is 24.3 Å². The summed E-state index contributed by atoms with van der Waals surface area (Å²) in [5.74, 6) is -0.313.